The quantitative estimate of drug-likeness (QED) is 0.192. The van der Waals surface area contributed by atoms with Crippen molar-refractivity contribution in [2.45, 2.75) is 87.6 Å². The number of methoxy groups -OCH3 is 3. The number of aromatic amines is 1. The second-order valence-electron chi connectivity index (χ2n) is 17.1. The molecule has 1 saturated carbocycles. The van der Waals surface area contributed by atoms with Crippen molar-refractivity contribution in [2.75, 3.05) is 59.5 Å². The van der Waals surface area contributed by atoms with Crippen LogP contribution in [0.3, 0.4) is 0 Å². The Morgan fingerprint density at radius 3 is 2.53 bits per heavy atom. The van der Waals surface area contributed by atoms with Gasteiger partial charge in [0.05, 0.1) is 27.4 Å². The lowest BCUT2D eigenvalue weighted by Crippen LogP contribution is -2.81. The summed E-state index contributed by atoms with van der Waals surface area (Å²) < 4.78 is 23.7. The molecule has 6 aliphatic rings. The van der Waals surface area contributed by atoms with E-state index in [0.717, 1.165) is 58.5 Å². The van der Waals surface area contributed by atoms with E-state index in [9.17, 15) is 19.5 Å². The molecule has 2 bridgehead atoms. The highest BCUT2D eigenvalue weighted by Crippen LogP contribution is 2.68. The summed E-state index contributed by atoms with van der Waals surface area (Å²) in [5.74, 6) is -2.33. The lowest BCUT2D eigenvalue weighted by atomic mass is 9.47. The van der Waals surface area contributed by atoms with Gasteiger partial charge in [-0.2, -0.15) is 0 Å². The zero-order valence-corrected chi connectivity index (χ0v) is 34.0. The van der Waals surface area contributed by atoms with Crippen LogP contribution in [0.5, 0.6) is 5.75 Å². The summed E-state index contributed by atoms with van der Waals surface area (Å²) in [5, 5.41) is 14.4. The third-order valence-corrected chi connectivity index (χ3v) is 14.7. The average Bonchev–Trinajstić information content (AvgIpc) is 3.86. The van der Waals surface area contributed by atoms with Crippen LogP contribution >= 0.6 is 0 Å². The number of esters is 3. The highest BCUT2D eigenvalue weighted by Gasteiger charge is 2.80. The minimum Gasteiger partial charge on any atom is -0.496 e. The Morgan fingerprint density at radius 1 is 1.04 bits per heavy atom. The van der Waals surface area contributed by atoms with Crippen molar-refractivity contribution in [1.29, 1.82) is 0 Å². The molecule has 1 aromatic heterocycles. The van der Waals surface area contributed by atoms with Gasteiger partial charge in [0.15, 0.2) is 6.10 Å². The van der Waals surface area contributed by atoms with Gasteiger partial charge in [0.1, 0.15) is 11.7 Å². The lowest BCUT2D eigenvalue weighted by molar-refractivity contribution is -0.228. The lowest BCUT2D eigenvalue weighted by Gasteiger charge is -2.63. The molecule has 2 aromatic carbocycles. The maximum absolute atomic E-state index is 14.5. The number of H-pyrrole nitrogens is 1. The maximum Gasteiger partial charge on any atom is 0.344 e. The molecule has 10 atom stereocenters. The minimum atomic E-state index is -2.25. The van der Waals surface area contributed by atoms with E-state index in [1.807, 2.05) is 37.1 Å². The fourth-order valence-electron chi connectivity index (χ4n) is 12.8. The molecule has 2 fully saturated rings. The minimum absolute atomic E-state index is 0.0733. The van der Waals surface area contributed by atoms with E-state index in [1.54, 1.807) is 7.11 Å². The van der Waals surface area contributed by atoms with E-state index in [-0.39, 0.29) is 17.9 Å². The molecule has 5 aliphatic heterocycles. The normalized spacial score (nSPS) is 34.9. The van der Waals surface area contributed by atoms with E-state index in [0.29, 0.717) is 38.2 Å². The number of hydrogen-bond donors (Lipinski definition) is 2. The number of anilines is 1. The van der Waals surface area contributed by atoms with Crippen LogP contribution in [0, 0.1) is 11.3 Å². The van der Waals surface area contributed by atoms with Gasteiger partial charge in [-0.15, -0.1) is 0 Å². The van der Waals surface area contributed by atoms with Crippen LogP contribution in [0.2, 0.25) is 0 Å². The number of rotatable bonds is 7. The summed E-state index contributed by atoms with van der Waals surface area (Å²) in [6, 6.07) is 11.4. The van der Waals surface area contributed by atoms with Gasteiger partial charge in [-0.1, -0.05) is 55.8 Å². The first-order valence-electron chi connectivity index (χ1n) is 20.4. The monoisotopic (exact) mass is 778 g/mol. The Morgan fingerprint density at radius 2 is 1.82 bits per heavy atom. The Hall–Kier alpha value is -4.65. The van der Waals surface area contributed by atoms with Crippen molar-refractivity contribution in [2.24, 2.45) is 11.3 Å². The molecule has 1 spiro atoms. The zero-order chi connectivity index (χ0) is 40.2. The molecule has 3 aromatic rings. The smallest absolute Gasteiger partial charge is 0.344 e. The number of carbonyl (C=O) groups excluding carboxylic acids is 3. The molecule has 1 aliphatic carbocycles. The topological polar surface area (TPSA) is 134 Å². The second kappa shape index (κ2) is 13.5. The van der Waals surface area contributed by atoms with E-state index in [1.165, 1.54) is 26.7 Å². The van der Waals surface area contributed by atoms with Gasteiger partial charge in [-0.25, -0.2) is 4.79 Å². The SMILES string of the molecule is CCC1=C[C@@H]2CN(C1)Cc1c([nH]c3ccccc13)[C@H](C(=O)OC)[C@H]2c1cc2c(cc1OC)N(C)C1[C@]23CCN2CC=CC(CC)([C@@H](OC(C)=O)[C@]1(O)C(=O)OC)[C@H]23. The highest BCUT2D eigenvalue weighted by molar-refractivity contribution is 5.90. The first kappa shape index (κ1) is 37.9. The number of aliphatic hydroxyl groups is 1. The number of para-hydroxylation sites is 1. The number of nitrogens with one attached hydrogen (secondary N) is 1. The standard InChI is InChI=1S/C45H54N4O8/c1-8-26-19-27-23-48(22-26)24-30-28-13-10-11-14-32(28)46-37(30)36(38(51)55-6)35(27)29-20-31-33(21-34(29)54-5)47(4)40-44(31)16-18-49-17-12-15-43(9-2,39(44)49)41(57-25(3)50)45(40,53)42(52)56-7/h10-15,19-21,27,35-36,39-41,46,53H,8-9,16-18,22-24H2,1-7H3/t27-,35-,36-,39+,40?,41-,43?,44-,45+/m1/s1. The van der Waals surface area contributed by atoms with Crippen molar-refractivity contribution in [3.63, 3.8) is 0 Å². The molecular formula is C45H54N4O8. The van der Waals surface area contributed by atoms with Crippen LogP contribution in [-0.4, -0.2) is 116 Å². The van der Waals surface area contributed by atoms with Crippen molar-refractivity contribution < 1.29 is 38.4 Å². The van der Waals surface area contributed by atoms with Gasteiger partial charge in [-0.05, 0) is 60.5 Å². The molecular weight excluding hydrogens is 725 g/mol. The summed E-state index contributed by atoms with van der Waals surface area (Å²) in [6.07, 6.45) is 7.32. The Kier molecular flexibility index (Phi) is 8.95. The molecule has 302 valence electrons. The van der Waals surface area contributed by atoms with Gasteiger partial charge in [-0.3, -0.25) is 19.4 Å². The van der Waals surface area contributed by atoms with Gasteiger partial charge in [0.25, 0.3) is 0 Å². The summed E-state index contributed by atoms with van der Waals surface area (Å²) in [7, 11) is 6.29. The van der Waals surface area contributed by atoms with Crippen LogP contribution in [0.1, 0.15) is 74.3 Å². The fraction of sp³-hybridized carbons (Fsp3) is 0.533. The molecule has 3 unspecified atom stereocenters. The predicted octanol–water partition coefficient (Wildman–Crippen LogP) is 4.94. The van der Waals surface area contributed by atoms with Crippen molar-refractivity contribution >= 4 is 34.5 Å². The predicted molar refractivity (Wildman–Crippen MR) is 214 cm³/mol. The molecule has 2 N–H and O–H groups in total. The second-order valence-corrected chi connectivity index (χ2v) is 17.1. The number of nitrogens with zero attached hydrogens (tertiary/aromatic N) is 3. The van der Waals surface area contributed by atoms with E-state index >= 15 is 0 Å². The summed E-state index contributed by atoms with van der Waals surface area (Å²) in [5.41, 5.74) is 2.91. The number of likely N-dealkylation sites (N-methyl/N-ethyl adjacent to an activating group) is 1. The summed E-state index contributed by atoms with van der Waals surface area (Å²) in [6.45, 7) is 9.22. The average molecular weight is 779 g/mol. The molecule has 12 nitrogen and oxygen atoms in total. The Balaban J connectivity index is 1.34. The van der Waals surface area contributed by atoms with Gasteiger partial charge < -0.3 is 33.9 Å². The maximum atomic E-state index is 14.5. The zero-order valence-electron chi connectivity index (χ0n) is 34.0. The molecule has 0 radical (unpaired) electrons. The fourth-order valence-corrected chi connectivity index (χ4v) is 12.8. The third-order valence-electron chi connectivity index (χ3n) is 14.7. The molecule has 57 heavy (non-hydrogen) atoms. The van der Waals surface area contributed by atoms with Crippen molar-refractivity contribution in [3.8, 4) is 5.75 Å². The largest absolute Gasteiger partial charge is 0.496 e. The highest BCUT2D eigenvalue weighted by atomic mass is 16.6. The van der Waals surface area contributed by atoms with Gasteiger partial charge in [0, 0.05) is 91.3 Å². The van der Waals surface area contributed by atoms with E-state index in [2.05, 4.69) is 58.1 Å². The first-order chi connectivity index (χ1) is 27.4. The number of benzene rings is 2. The number of hydrogen-bond acceptors (Lipinski definition) is 11. The van der Waals surface area contributed by atoms with Gasteiger partial charge in [0.2, 0.25) is 5.60 Å². The number of fused-ring (bicyclic) bond motifs is 6. The van der Waals surface area contributed by atoms with Crippen LogP contribution < -0.4 is 9.64 Å². The Labute approximate surface area is 333 Å². The van der Waals surface area contributed by atoms with Crippen LogP contribution in [-0.2, 0) is 40.6 Å². The number of carbonyl (C=O) groups is 3. The summed E-state index contributed by atoms with van der Waals surface area (Å²) >= 11 is 0. The van der Waals surface area contributed by atoms with Crippen molar-refractivity contribution in [1.82, 2.24) is 14.8 Å². The third kappa shape index (κ3) is 4.99. The first-order valence-corrected chi connectivity index (χ1v) is 20.4. The summed E-state index contributed by atoms with van der Waals surface area (Å²) in [4.78, 5) is 52.4. The van der Waals surface area contributed by atoms with Crippen LogP contribution in [0.4, 0.5) is 5.69 Å². The van der Waals surface area contributed by atoms with Gasteiger partial charge >= 0.3 is 17.9 Å². The van der Waals surface area contributed by atoms with Crippen LogP contribution in [0.25, 0.3) is 10.9 Å². The van der Waals surface area contributed by atoms with Crippen LogP contribution in [0.15, 0.2) is 60.2 Å². The molecule has 9 rings (SSSR count). The molecule has 12 heteroatoms. The number of aromatic nitrogens is 1. The molecule has 0 amide bonds. The molecule has 1 saturated heterocycles. The van der Waals surface area contributed by atoms with E-state index in [4.69, 9.17) is 18.9 Å². The number of ether oxygens (including phenoxy) is 4. The molecule has 6 heterocycles. The van der Waals surface area contributed by atoms with E-state index < -0.39 is 52.4 Å². The Bertz CT molecular complexity index is 2230. The van der Waals surface area contributed by atoms with Crippen molar-refractivity contribution in [3.05, 3.63) is 82.6 Å².